The summed E-state index contributed by atoms with van der Waals surface area (Å²) in [4.78, 5) is 25.8. The topological polar surface area (TPSA) is 69.6 Å². The van der Waals surface area contributed by atoms with E-state index in [-0.39, 0.29) is 11.9 Å². The van der Waals surface area contributed by atoms with Crippen LogP contribution in [-0.4, -0.2) is 40.1 Å². The first kappa shape index (κ1) is 14.3. The fourth-order valence-electron chi connectivity index (χ4n) is 3.04. The Morgan fingerprint density at radius 3 is 2.37 bits per heavy atom. The van der Waals surface area contributed by atoms with Crippen LogP contribution in [0.4, 0.5) is 4.79 Å². The monoisotopic (exact) mass is 268 g/mol. The normalized spacial score (nSPS) is 25.1. The summed E-state index contributed by atoms with van der Waals surface area (Å²) in [6, 6.07) is -0.286. The minimum atomic E-state index is -0.657. The van der Waals surface area contributed by atoms with Gasteiger partial charge in [-0.1, -0.05) is 32.1 Å². The van der Waals surface area contributed by atoms with Crippen molar-refractivity contribution in [2.45, 2.75) is 69.9 Å². The maximum atomic E-state index is 12.5. The zero-order valence-corrected chi connectivity index (χ0v) is 11.7. The lowest BCUT2D eigenvalue weighted by atomic mass is 9.84. The molecule has 0 radical (unpaired) electrons. The van der Waals surface area contributed by atoms with Gasteiger partial charge in [-0.15, -0.1) is 0 Å². The van der Waals surface area contributed by atoms with Gasteiger partial charge in [0.2, 0.25) is 0 Å². The van der Waals surface area contributed by atoms with Crippen molar-refractivity contribution in [3.63, 3.8) is 0 Å². The molecular weight excluding hydrogens is 244 g/mol. The van der Waals surface area contributed by atoms with Crippen molar-refractivity contribution in [2.24, 2.45) is 0 Å². The van der Waals surface area contributed by atoms with Gasteiger partial charge in [0.1, 0.15) is 5.54 Å². The maximum absolute atomic E-state index is 12.5. The van der Waals surface area contributed by atoms with Crippen molar-refractivity contribution in [3.05, 3.63) is 0 Å². The van der Waals surface area contributed by atoms with Gasteiger partial charge in [0, 0.05) is 6.54 Å². The summed E-state index contributed by atoms with van der Waals surface area (Å²) >= 11 is 0. The lowest BCUT2D eigenvalue weighted by Gasteiger charge is -2.28. The Morgan fingerprint density at radius 2 is 1.79 bits per heavy atom. The average molecular weight is 268 g/mol. The van der Waals surface area contributed by atoms with Crippen LogP contribution in [0.1, 0.15) is 58.3 Å². The van der Waals surface area contributed by atoms with Crippen LogP contribution >= 0.6 is 0 Å². The molecule has 0 bridgehead atoms. The third-order valence-electron chi connectivity index (χ3n) is 4.22. The van der Waals surface area contributed by atoms with E-state index < -0.39 is 11.6 Å². The Labute approximate surface area is 114 Å². The lowest BCUT2D eigenvalue weighted by molar-refractivity contribution is -0.132. The molecule has 1 aliphatic heterocycles. The van der Waals surface area contributed by atoms with E-state index >= 15 is 0 Å². The first-order valence-electron chi connectivity index (χ1n) is 7.37. The SMILES string of the molecule is CC(O)CCN1C(=O)NC2(CCCCCCC2)C1=O. The minimum absolute atomic E-state index is 0.0833. The molecule has 1 atom stereocenters. The smallest absolute Gasteiger partial charge is 0.325 e. The number of hydrogen-bond donors (Lipinski definition) is 2. The number of imide groups is 1. The van der Waals surface area contributed by atoms with Crippen molar-refractivity contribution in [1.29, 1.82) is 0 Å². The van der Waals surface area contributed by atoms with Crippen LogP contribution in [0.2, 0.25) is 0 Å². The Balaban J connectivity index is 2.06. The highest BCUT2D eigenvalue weighted by Gasteiger charge is 2.50. The molecule has 2 rings (SSSR count). The molecule has 0 aromatic heterocycles. The zero-order chi connectivity index (χ0) is 13.9. The van der Waals surface area contributed by atoms with Crippen LogP contribution in [0.5, 0.6) is 0 Å². The molecule has 3 amide bonds. The van der Waals surface area contributed by atoms with Crippen LogP contribution in [-0.2, 0) is 4.79 Å². The molecule has 0 aromatic carbocycles. The number of nitrogens with zero attached hydrogens (tertiary/aromatic N) is 1. The van der Waals surface area contributed by atoms with E-state index in [1.165, 1.54) is 11.3 Å². The number of nitrogens with one attached hydrogen (secondary N) is 1. The molecule has 5 heteroatoms. The molecule has 5 nitrogen and oxygen atoms in total. The molecule has 1 unspecified atom stereocenters. The number of urea groups is 1. The van der Waals surface area contributed by atoms with E-state index in [1.54, 1.807) is 6.92 Å². The molecule has 1 aliphatic carbocycles. The first-order valence-corrected chi connectivity index (χ1v) is 7.37. The third-order valence-corrected chi connectivity index (χ3v) is 4.22. The van der Waals surface area contributed by atoms with Gasteiger partial charge in [-0.25, -0.2) is 4.79 Å². The second-order valence-electron chi connectivity index (χ2n) is 5.87. The van der Waals surface area contributed by atoms with Crippen molar-refractivity contribution < 1.29 is 14.7 Å². The van der Waals surface area contributed by atoms with Gasteiger partial charge in [-0.3, -0.25) is 9.69 Å². The summed E-state index contributed by atoms with van der Waals surface area (Å²) < 4.78 is 0. The van der Waals surface area contributed by atoms with E-state index in [1.807, 2.05) is 0 Å². The first-order chi connectivity index (χ1) is 9.05. The van der Waals surface area contributed by atoms with Gasteiger partial charge in [0.05, 0.1) is 6.10 Å². The average Bonchev–Trinajstić information content (AvgIpc) is 2.55. The van der Waals surface area contributed by atoms with Gasteiger partial charge >= 0.3 is 6.03 Å². The highest BCUT2D eigenvalue weighted by Crippen LogP contribution is 2.32. The van der Waals surface area contributed by atoms with Crippen LogP contribution in [0.15, 0.2) is 0 Å². The minimum Gasteiger partial charge on any atom is -0.393 e. The van der Waals surface area contributed by atoms with E-state index in [9.17, 15) is 14.7 Å². The van der Waals surface area contributed by atoms with Gasteiger partial charge in [-0.05, 0) is 26.2 Å². The molecule has 1 saturated carbocycles. The maximum Gasteiger partial charge on any atom is 0.325 e. The van der Waals surface area contributed by atoms with Gasteiger partial charge < -0.3 is 10.4 Å². The third kappa shape index (κ3) is 3.08. The number of rotatable bonds is 3. The molecule has 1 spiro atoms. The summed E-state index contributed by atoms with van der Waals surface area (Å²) in [5, 5.41) is 12.2. The summed E-state index contributed by atoms with van der Waals surface area (Å²) in [6.45, 7) is 1.98. The number of amides is 3. The van der Waals surface area contributed by atoms with Crippen LogP contribution in [0, 0.1) is 0 Å². The van der Waals surface area contributed by atoms with E-state index in [2.05, 4.69) is 5.32 Å². The van der Waals surface area contributed by atoms with E-state index in [0.29, 0.717) is 13.0 Å². The fourth-order valence-corrected chi connectivity index (χ4v) is 3.04. The summed E-state index contributed by atoms with van der Waals surface area (Å²) in [5.74, 6) is -0.0833. The number of hydrogen-bond acceptors (Lipinski definition) is 3. The molecule has 0 aromatic rings. The summed E-state index contributed by atoms with van der Waals surface area (Å²) in [7, 11) is 0. The molecule has 1 saturated heterocycles. The predicted molar refractivity (Wildman–Crippen MR) is 71.6 cm³/mol. The molecule has 2 fully saturated rings. The number of carbonyl (C=O) groups is 2. The van der Waals surface area contributed by atoms with Gasteiger partial charge in [0.25, 0.3) is 5.91 Å². The summed E-state index contributed by atoms with van der Waals surface area (Å²) in [6.07, 6.45) is 6.95. The Bertz CT molecular complexity index is 347. The van der Waals surface area contributed by atoms with E-state index in [0.717, 1.165) is 38.5 Å². The summed E-state index contributed by atoms with van der Waals surface area (Å²) in [5.41, 5.74) is -0.657. The van der Waals surface area contributed by atoms with Crippen molar-refractivity contribution in [2.75, 3.05) is 6.54 Å². The molecule has 2 N–H and O–H groups in total. The quantitative estimate of drug-likeness (QED) is 0.767. The molecule has 108 valence electrons. The highest BCUT2D eigenvalue weighted by molar-refractivity contribution is 6.07. The van der Waals surface area contributed by atoms with E-state index in [4.69, 9.17) is 0 Å². The molecule has 1 heterocycles. The fraction of sp³-hybridized carbons (Fsp3) is 0.857. The van der Waals surface area contributed by atoms with Gasteiger partial charge in [0.15, 0.2) is 0 Å². The Hall–Kier alpha value is -1.10. The zero-order valence-electron chi connectivity index (χ0n) is 11.7. The molecule has 2 aliphatic rings. The van der Waals surface area contributed by atoms with Crippen molar-refractivity contribution >= 4 is 11.9 Å². The lowest BCUT2D eigenvalue weighted by Crippen LogP contribution is -2.47. The highest BCUT2D eigenvalue weighted by atomic mass is 16.3. The molecule has 19 heavy (non-hydrogen) atoms. The van der Waals surface area contributed by atoms with Crippen LogP contribution in [0.3, 0.4) is 0 Å². The van der Waals surface area contributed by atoms with Crippen LogP contribution < -0.4 is 5.32 Å². The van der Waals surface area contributed by atoms with Crippen molar-refractivity contribution in [3.8, 4) is 0 Å². The second-order valence-corrected chi connectivity index (χ2v) is 5.87. The standard InChI is InChI=1S/C14H24N2O3/c1-11(17)7-10-16-12(18)14(15-13(16)19)8-5-3-2-4-6-9-14/h11,17H,2-10H2,1H3,(H,15,19). The largest absolute Gasteiger partial charge is 0.393 e. The Morgan fingerprint density at radius 1 is 1.21 bits per heavy atom. The Kier molecular flexibility index (Phi) is 4.45. The van der Waals surface area contributed by atoms with Crippen molar-refractivity contribution in [1.82, 2.24) is 10.2 Å². The number of aliphatic hydroxyl groups excluding tert-OH is 1. The van der Waals surface area contributed by atoms with Gasteiger partial charge in [-0.2, -0.15) is 0 Å². The second kappa shape index (κ2) is 5.90. The molecular formula is C14H24N2O3. The van der Waals surface area contributed by atoms with Crippen LogP contribution in [0.25, 0.3) is 0 Å². The number of carbonyl (C=O) groups excluding carboxylic acids is 2. The number of aliphatic hydroxyl groups is 1. The predicted octanol–water partition coefficient (Wildman–Crippen LogP) is 1.79.